The van der Waals surface area contributed by atoms with Crippen molar-refractivity contribution in [2.75, 3.05) is 25.4 Å². The van der Waals surface area contributed by atoms with Crippen LogP contribution in [0.3, 0.4) is 0 Å². The van der Waals surface area contributed by atoms with E-state index in [2.05, 4.69) is 10.6 Å². The minimum atomic E-state index is 0.0658. The number of piperidine rings is 1. The predicted octanol–water partition coefficient (Wildman–Crippen LogP) is 2.14. The molecule has 4 N–H and O–H groups in total. The Balaban J connectivity index is 1.90. The molecular weight excluding hydrogens is 290 g/mol. The van der Waals surface area contributed by atoms with Crippen LogP contribution in [0.2, 0.25) is 0 Å². The number of carbonyl (C=O) groups excluding carboxylic acids is 1. The molecule has 0 unspecified atom stereocenters. The maximum absolute atomic E-state index is 12.0. The zero-order valence-corrected chi connectivity index (χ0v) is 14.7. The summed E-state index contributed by atoms with van der Waals surface area (Å²) < 4.78 is 5.92. The first-order valence-electron chi connectivity index (χ1n) is 8.40. The van der Waals surface area contributed by atoms with Crippen molar-refractivity contribution in [2.45, 2.75) is 53.0 Å². The molecule has 0 saturated carbocycles. The van der Waals surface area contributed by atoms with Gasteiger partial charge in [-0.1, -0.05) is 0 Å². The molecular formula is C18H29N3O2. The Bertz CT molecular complexity index is 549. The second-order valence-electron chi connectivity index (χ2n) is 6.43. The lowest BCUT2D eigenvalue weighted by Gasteiger charge is -2.24. The summed E-state index contributed by atoms with van der Waals surface area (Å²) >= 11 is 0. The molecule has 1 aromatic carbocycles. The second kappa shape index (κ2) is 7.68. The fourth-order valence-corrected chi connectivity index (χ4v) is 3.04. The van der Waals surface area contributed by atoms with Crippen LogP contribution >= 0.6 is 0 Å². The third-order valence-electron chi connectivity index (χ3n) is 4.89. The van der Waals surface area contributed by atoms with Gasteiger partial charge in [0.15, 0.2) is 0 Å². The molecule has 1 aliphatic heterocycles. The number of hydrogen-bond donors (Lipinski definition) is 3. The summed E-state index contributed by atoms with van der Waals surface area (Å²) in [5, 5.41) is 6.38. The number of carbonyl (C=O) groups is 1. The van der Waals surface area contributed by atoms with E-state index in [9.17, 15) is 4.79 Å². The minimum absolute atomic E-state index is 0.0658. The third-order valence-corrected chi connectivity index (χ3v) is 4.89. The lowest BCUT2D eigenvalue weighted by molar-refractivity contribution is -0.122. The molecule has 0 aliphatic carbocycles. The van der Waals surface area contributed by atoms with E-state index in [-0.39, 0.29) is 5.91 Å². The van der Waals surface area contributed by atoms with Crippen molar-refractivity contribution in [3.05, 3.63) is 22.3 Å². The summed E-state index contributed by atoms with van der Waals surface area (Å²) in [6.07, 6.45) is 2.38. The average Bonchev–Trinajstić information content (AvgIpc) is 2.55. The van der Waals surface area contributed by atoms with Crippen LogP contribution in [0.25, 0.3) is 0 Å². The van der Waals surface area contributed by atoms with Crippen LogP contribution in [-0.4, -0.2) is 31.6 Å². The van der Waals surface area contributed by atoms with Crippen molar-refractivity contribution < 1.29 is 9.53 Å². The number of amides is 1. The summed E-state index contributed by atoms with van der Waals surface area (Å²) in [5.74, 6) is 0.931. The smallest absolute Gasteiger partial charge is 0.223 e. The zero-order chi connectivity index (χ0) is 17.0. The van der Waals surface area contributed by atoms with Gasteiger partial charge < -0.3 is 21.1 Å². The van der Waals surface area contributed by atoms with E-state index in [0.717, 1.165) is 59.6 Å². The molecule has 0 bridgehead atoms. The van der Waals surface area contributed by atoms with Gasteiger partial charge in [0, 0.05) is 11.7 Å². The standard InChI is InChI=1S/C18H29N3O2/c1-11-13(3)18(14(4)12(2)17(11)19)23-10-7-16(22)21-15-5-8-20-9-6-15/h15,20H,5-10,19H2,1-4H3,(H,21,22). The first-order valence-corrected chi connectivity index (χ1v) is 8.40. The van der Waals surface area contributed by atoms with Crippen LogP contribution in [0, 0.1) is 27.7 Å². The van der Waals surface area contributed by atoms with Gasteiger partial charge in [-0.3, -0.25) is 4.79 Å². The summed E-state index contributed by atoms with van der Waals surface area (Å²) in [4.78, 5) is 12.0. The number of benzene rings is 1. The van der Waals surface area contributed by atoms with Crippen LogP contribution in [0.1, 0.15) is 41.5 Å². The van der Waals surface area contributed by atoms with Crippen LogP contribution < -0.4 is 21.1 Å². The number of ether oxygens (including phenoxy) is 1. The van der Waals surface area contributed by atoms with Gasteiger partial charge in [0.25, 0.3) is 0 Å². The first kappa shape index (κ1) is 17.6. The Morgan fingerprint density at radius 3 is 2.26 bits per heavy atom. The highest BCUT2D eigenvalue weighted by atomic mass is 16.5. The Morgan fingerprint density at radius 1 is 1.13 bits per heavy atom. The molecule has 1 saturated heterocycles. The van der Waals surface area contributed by atoms with Gasteiger partial charge in [-0.05, 0) is 75.9 Å². The van der Waals surface area contributed by atoms with Crippen LogP contribution in [0.4, 0.5) is 5.69 Å². The molecule has 5 heteroatoms. The fourth-order valence-electron chi connectivity index (χ4n) is 3.04. The minimum Gasteiger partial charge on any atom is -0.492 e. The van der Waals surface area contributed by atoms with Crippen LogP contribution in [-0.2, 0) is 4.79 Å². The van der Waals surface area contributed by atoms with Crippen LogP contribution in [0.5, 0.6) is 5.75 Å². The highest BCUT2D eigenvalue weighted by Crippen LogP contribution is 2.34. The lowest BCUT2D eigenvalue weighted by Crippen LogP contribution is -2.43. The summed E-state index contributed by atoms with van der Waals surface area (Å²) in [7, 11) is 0. The van der Waals surface area contributed by atoms with Crippen molar-refractivity contribution in [3.8, 4) is 5.75 Å². The zero-order valence-electron chi connectivity index (χ0n) is 14.7. The highest BCUT2D eigenvalue weighted by Gasteiger charge is 2.17. The molecule has 0 aromatic heterocycles. The van der Waals surface area contributed by atoms with E-state index in [4.69, 9.17) is 10.5 Å². The Kier molecular flexibility index (Phi) is 5.88. The molecule has 1 aliphatic rings. The first-order chi connectivity index (χ1) is 10.9. The Labute approximate surface area is 139 Å². The molecule has 1 amide bonds. The number of hydrogen-bond acceptors (Lipinski definition) is 4. The monoisotopic (exact) mass is 319 g/mol. The lowest BCUT2D eigenvalue weighted by atomic mass is 9.97. The van der Waals surface area contributed by atoms with E-state index in [1.807, 2.05) is 27.7 Å². The van der Waals surface area contributed by atoms with E-state index in [0.29, 0.717) is 19.1 Å². The van der Waals surface area contributed by atoms with Crippen molar-refractivity contribution in [1.82, 2.24) is 10.6 Å². The summed E-state index contributed by atoms with van der Waals surface area (Å²) in [5.41, 5.74) is 11.2. The average molecular weight is 319 g/mol. The molecule has 5 nitrogen and oxygen atoms in total. The topological polar surface area (TPSA) is 76.4 Å². The number of rotatable bonds is 5. The van der Waals surface area contributed by atoms with Gasteiger partial charge in [0.1, 0.15) is 5.75 Å². The Morgan fingerprint density at radius 2 is 1.70 bits per heavy atom. The van der Waals surface area contributed by atoms with Gasteiger partial charge in [0.05, 0.1) is 13.0 Å². The van der Waals surface area contributed by atoms with Crippen LogP contribution in [0.15, 0.2) is 0 Å². The largest absolute Gasteiger partial charge is 0.492 e. The normalized spacial score (nSPS) is 15.5. The second-order valence-corrected chi connectivity index (χ2v) is 6.43. The molecule has 1 heterocycles. The number of nitrogen functional groups attached to an aromatic ring is 1. The van der Waals surface area contributed by atoms with Crippen molar-refractivity contribution in [1.29, 1.82) is 0 Å². The quantitative estimate of drug-likeness (QED) is 0.727. The maximum Gasteiger partial charge on any atom is 0.223 e. The summed E-state index contributed by atoms with van der Waals surface area (Å²) in [6.45, 7) is 10.4. The Hall–Kier alpha value is -1.75. The van der Waals surface area contributed by atoms with E-state index in [1.165, 1.54) is 0 Å². The van der Waals surface area contributed by atoms with Gasteiger partial charge in [-0.25, -0.2) is 0 Å². The van der Waals surface area contributed by atoms with E-state index in [1.54, 1.807) is 0 Å². The van der Waals surface area contributed by atoms with Gasteiger partial charge >= 0.3 is 0 Å². The fraction of sp³-hybridized carbons (Fsp3) is 0.611. The van der Waals surface area contributed by atoms with Gasteiger partial charge in [0.2, 0.25) is 5.91 Å². The van der Waals surface area contributed by atoms with Crippen molar-refractivity contribution in [3.63, 3.8) is 0 Å². The van der Waals surface area contributed by atoms with E-state index >= 15 is 0 Å². The summed E-state index contributed by atoms with van der Waals surface area (Å²) in [6, 6.07) is 0.299. The molecule has 0 spiro atoms. The molecule has 0 radical (unpaired) electrons. The SMILES string of the molecule is Cc1c(C)c(OCCC(=O)NC2CCNCC2)c(C)c(C)c1N. The van der Waals surface area contributed by atoms with Crippen molar-refractivity contribution in [2.24, 2.45) is 0 Å². The number of anilines is 1. The molecule has 0 atom stereocenters. The highest BCUT2D eigenvalue weighted by molar-refractivity contribution is 5.76. The molecule has 2 rings (SSSR count). The molecule has 1 aromatic rings. The third kappa shape index (κ3) is 4.16. The molecule has 23 heavy (non-hydrogen) atoms. The molecule has 1 fully saturated rings. The van der Waals surface area contributed by atoms with Crippen molar-refractivity contribution >= 4 is 11.6 Å². The number of nitrogens with one attached hydrogen (secondary N) is 2. The van der Waals surface area contributed by atoms with Gasteiger partial charge in [-0.15, -0.1) is 0 Å². The maximum atomic E-state index is 12.0. The van der Waals surface area contributed by atoms with Gasteiger partial charge in [-0.2, -0.15) is 0 Å². The molecule has 128 valence electrons. The number of nitrogens with two attached hydrogens (primary N) is 1. The predicted molar refractivity (Wildman–Crippen MR) is 93.9 cm³/mol. The van der Waals surface area contributed by atoms with E-state index < -0.39 is 0 Å².